The molecule has 0 atom stereocenters. The lowest BCUT2D eigenvalue weighted by Gasteiger charge is -2.06. The van der Waals surface area contributed by atoms with Crippen LogP contribution in [0.3, 0.4) is 0 Å². The quantitative estimate of drug-likeness (QED) is 0.674. The Kier molecular flexibility index (Phi) is 4.64. The average molecular weight is 301 g/mol. The molecule has 0 aromatic carbocycles. The van der Waals surface area contributed by atoms with E-state index in [0.717, 1.165) is 5.01 Å². The second-order valence-corrected chi connectivity index (χ2v) is 6.51. The molecule has 19 heavy (non-hydrogen) atoms. The van der Waals surface area contributed by atoms with Gasteiger partial charge in [-0.2, -0.15) is 5.10 Å². The van der Waals surface area contributed by atoms with Crippen molar-refractivity contribution in [3.8, 4) is 0 Å². The van der Waals surface area contributed by atoms with Gasteiger partial charge in [-0.25, -0.2) is 18.1 Å². The molecule has 3 N–H and O–H groups in total. The van der Waals surface area contributed by atoms with Crippen LogP contribution in [0.2, 0.25) is 0 Å². The number of H-pyrrole nitrogens is 1. The largest absolute Gasteiger partial charge is 0.316 e. The van der Waals surface area contributed by atoms with Crippen LogP contribution in [0.5, 0.6) is 0 Å². The zero-order valence-electron chi connectivity index (χ0n) is 10.4. The Morgan fingerprint density at radius 1 is 1.47 bits per heavy atom. The first kappa shape index (κ1) is 14.1. The van der Waals surface area contributed by atoms with E-state index < -0.39 is 10.0 Å². The maximum absolute atomic E-state index is 12.1. The lowest BCUT2D eigenvalue weighted by atomic mass is 10.4. The van der Waals surface area contributed by atoms with Crippen molar-refractivity contribution in [1.82, 2.24) is 25.2 Å². The summed E-state index contributed by atoms with van der Waals surface area (Å²) in [6.45, 7) is 0.757. The lowest BCUT2D eigenvalue weighted by Crippen LogP contribution is -2.27. The van der Waals surface area contributed by atoms with Gasteiger partial charge in [0.1, 0.15) is 0 Å². The van der Waals surface area contributed by atoms with E-state index in [1.54, 1.807) is 13.2 Å². The Bertz CT molecular complexity index is 606. The third-order valence-electron chi connectivity index (χ3n) is 2.43. The van der Waals surface area contributed by atoms with Gasteiger partial charge in [-0.15, -0.1) is 11.3 Å². The number of nitrogens with zero attached hydrogens (tertiary/aromatic N) is 2. The van der Waals surface area contributed by atoms with Crippen molar-refractivity contribution in [2.45, 2.75) is 18.0 Å². The Labute approximate surface area is 115 Å². The van der Waals surface area contributed by atoms with Crippen LogP contribution in [0.4, 0.5) is 0 Å². The molecular weight excluding hydrogens is 286 g/mol. The molecule has 2 aromatic heterocycles. The summed E-state index contributed by atoms with van der Waals surface area (Å²) < 4.78 is 26.7. The molecule has 0 fully saturated rings. The topological polar surface area (TPSA) is 99.8 Å². The van der Waals surface area contributed by atoms with E-state index in [1.165, 1.54) is 17.5 Å². The minimum atomic E-state index is -3.55. The van der Waals surface area contributed by atoms with Crippen molar-refractivity contribution >= 4 is 21.4 Å². The number of nitrogens with one attached hydrogen (secondary N) is 3. The summed E-state index contributed by atoms with van der Waals surface area (Å²) in [7, 11) is -1.80. The second-order valence-electron chi connectivity index (χ2n) is 3.83. The van der Waals surface area contributed by atoms with Crippen LogP contribution in [0.1, 0.15) is 10.6 Å². The van der Waals surface area contributed by atoms with Crippen LogP contribution in [0.15, 0.2) is 22.8 Å². The fraction of sp³-hybridized carbons (Fsp3) is 0.400. The molecule has 0 unspecified atom stereocenters. The third-order valence-corrected chi connectivity index (χ3v) is 4.74. The monoisotopic (exact) mass is 301 g/mol. The lowest BCUT2D eigenvalue weighted by molar-refractivity contribution is 0.575. The first-order valence-corrected chi connectivity index (χ1v) is 8.04. The number of rotatable bonds is 7. The molecule has 0 aliphatic heterocycles. The zero-order chi connectivity index (χ0) is 13.7. The molecule has 0 radical (unpaired) electrons. The van der Waals surface area contributed by atoms with Crippen molar-refractivity contribution in [3.63, 3.8) is 0 Å². The molecule has 2 aromatic rings. The summed E-state index contributed by atoms with van der Waals surface area (Å²) in [5.74, 6) is 0. The molecule has 0 aliphatic carbocycles. The van der Waals surface area contributed by atoms with Crippen LogP contribution < -0.4 is 10.0 Å². The van der Waals surface area contributed by atoms with Crippen LogP contribution >= 0.6 is 11.3 Å². The summed E-state index contributed by atoms with van der Waals surface area (Å²) in [5, 5.41) is 12.1. The molecule has 0 saturated carbocycles. The SMILES string of the molecule is CNCc1cn[nH]c1S(=O)(=O)NCCc1nccs1. The molecule has 2 rings (SSSR count). The summed E-state index contributed by atoms with van der Waals surface area (Å²) in [4.78, 5) is 4.10. The van der Waals surface area contributed by atoms with Crippen molar-refractivity contribution in [2.75, 3.05) is 13.6 Å². The number of hydrogen-bond acceptors (Lipinski definition) is 6. The third kappa shape index (κ3) is 3.60. The van der Waals surface area contributed by atoms with Crippen molar-refractivity contribution in [1.29, 1.82) is 0 Å². The first-order chi connectivity index (χ1) is 9.13. The summed E-state index contributed by atoms with van der Waals surface area (Å²) in [6.07, 6.45) is 3.78. The van der Waals surface area contributed by atoms with Gasteiger partial charge >= 0.3 is 0 Å². The normalized spacial score (nSPS) is 11.8. The predicted molar refractivity (Wildman–Crippen MR) is 72.4 cm³/mol. The fourth-order valence-electron chi connectivity index (χ4n) is 1.59. The van der Waals surface area contributed by atoms with Gasteiger partial charge < -0.3 is 5.32 Å². The second kappa shape index (κ2) is 6.24. The summed E-state index contributed by atoms with van der Waals surface area (Å²) >= 11 is 1.51. The molecule has 0 saturated heterocycles. The van der Waals surface area contributed by atoms with Crippen molar-refractivity contribution in [3.05, 3.63) is 28.3 Å². The number of aromatic amines is 1. The van der Waals surface area contributed by atoms with Gasteiger partial charge in [-0.3, -0.25) is 5.10 Å². The van der Waals surface area contributed by atoms with E-state index >= 15 is 0 Å². The zero-order valence-corrected chi connectivity index (χ0v) is 12.0. The predicted octanol–water partition coefficient (Wildman–Crippen LogP) is 0.107. The molecule has 2 heterocycles. The fourth-order valence-corrected chi connectivity index (χ4v) is 3.37. The Balaban J connectivity index is 1.99. The van der Waals surface area contributed by atoms with Gasteiger partial charge in [0.05, 0.1) is 11.2 Å². The van der Waals surface area contributed by atoms with E-state index in [2.05, 4.69) is 25.2 Å². The van der Waals surface area contributed by atoms with Gasteiger partial charge in [0.25, 0.3) is 10.0 Å². The molecular formula is C10H15N5O2S2. The maximum atomic E-state index is 12.1. The van der Waals surface area contributed by atoms with Crippen LogP contribution in [0, 0.1) is 0 Å². The molecule has 7 nitrogen and oxygen atoms in total. The van der Waals surface area contributed by atoms with Gasteiger partial charge in [-0.1, -0.05) is 0 Å². The number of sulfonamides is 1. The minimum Gasteiger partial charge on any atom is -0.316 e. The van der Waals surface area contributed by atoms with Crippen molar-refractivity contribution < 1.29 is 8.42 Å². The minimum absolute atomic E-state index is 0.112. The van der Waals surface area contributed by atoms with E-state index in [-0.39, 0.29) is 5.03 Å². The van der Waals surface area contributed by atoms with E-state index in [1.807, 2.05) is 5.38 Å². The highest BCUT2D eigenvalue weighted by Gasteiger charge is 2.19. The smallest absolute Gasteiger partial charge is 0.257 e. The van der Waals surface area contributed by atoms with Gasteiger partial charge in [0, 0.05) is 36.7 Å². The standard InChI is InChI=1S/C10H15N5O2S2/c1-11-6-8-7-13-15-10(8)19(16,17)14-3-2-9-12-4-5-18-9/h4-5,7,11,14H,2-3,6H2,1H3,(H,13,15). The van der Waals surface area contributed by atoms with E-state index in [4.69, 9.17) is 0 Å². The molecule has 0 spiro atoms. The highest BCUT2D eigenvalue weighted by molar-refractivity contribution is 7.89. The summed E-state index contributed by atoms with van der Waals surface area (Å²) in [5.41, 5.74) is 0.615. The van der Waals surface area contributed by atoms with Crippen LogP contribution in [0.25, 0.3) is 0 Å². The molecule has 0 amide bonds. The Morgan fingerprint density at radius 2 is 2.32 bits per heavy atom. The Morgan fingerprint density at radius 3 is 3.00 bits per heavy atom. The molecule has 0 aliphatic rings. The Hall–Kier alpha value is -1.29. The van der Waals surface area contributed by atoms with Crippen LogP contribution in [-0.4, -0.2) is 37.2 Å². The van der Waals surface area contributed by atoms with E-state index in [9.17, 15) is 8.42 Å². The number of thiazole rings is 1. The number of aromatic nitrogens is 3. The highest BCUT2D eigenvalue weighted by atomic mass is 32.2. The molecule has 9 heteroatoms. The first-order valence-electron chi connectivity index (χ1n) is 5.68. The van der Waals surface area contributed by atoms with Crippen molar-refractivity contribution in [2.24, 2.45) is 0 Å². The maximum Gasteiger partial charge on any atom is 0.257 e. The number of hydrogen-bond donors (Lipinski definition) is 3. The molecule has 0 bridgehead atoms. The average Bonchev–Trinajstić information content (AvgIpc) is 3.00. The van der Waals surface area contributed by atoms with Gasteiger partial charge in [0.15, 0.2) is 5.03 Å². The molecule has 104 valence electrons. The van der Waals surface area contributed by atoms with Crippen LogP contribution in [-0.2, 0) is 23.0 Å². The van der Waals surface area contributed by atoms with E-state index in [0.29, 0.717) is 25.1 Å². The highest BCUT2D eigenvalue weighted by Crippen LogP contribution is 2.11. The van der Waals surface area contributed by atoms with Gasteiger partial charge in [0.2, 0.25) is 0 Å². The summed E-state index contributed by atoms with van der Waals surface area (Å²) in [6, 6.07) is 0. The van der Waals surface area contributed by atoms with Gasteiger partial charge in [-0.05, 0) is 7.05 Å².